The minimum Gasteiger partial charge on any atom is -0.478 e. The number of carboxylic acid groups (broad SMARTS) is 1. The summed E-state index contributed by atoms with van der Waals surface area (Å²) in [4.78, 5) is 35.7. The first-order valence-electron chi connectivity index (χ1n) is 7.07. The van der Waals surface area contributed by atoms with E-state index in [1.165, 1.54) is 30.7 Å². The fourth-order valence-electron chi connectivity index (χ4n) is 2.37. The van der Waals surface area contributed by atoms with Crippen LogP contribution < -0.4 is 5.32 Å². The number of amides is 1. The summed E-state index contributed by atoms with van der Waals surface area (Å²) in [5.41, 5.74) is -0.0884. The van der Waals surface area contributed by atoms with Gasteiger partial charge in [-0.05, 0) is 26.0 Å². The van der Waals surface area contributed by atoms with E-state index in [0.717, 1.165) is 5.56 Å². The average Bonchev–Trinajstić information content (AvgIpc) is 2.96. The first-order valence-corrected chi connectivity index (χ1v) is 7.07. The molecule has 1 unspecified atom stereocenters. The topological polar surface area (TPSA) is 88.4 Å². The fraction of sp³-hybridized carbons (Fsp3) is 0.235. The lowest BCUT2D eigenvalue weighted by atomic mass is 10.1. The number of ketones is 1. The Morgan fingerprint density at radius 2 is 1.74 bits per heavy atom. The van der Waals surface area contributed by atoms with Crippen molar-refractivity contribution in [3.8, 4) is 0 Å². The van der Waals surface area contributed by atoms with Gasteiger partial charge in [-0.15, -0.1) is 0 Å². The second-order valence-corrected chi connectivity index (χ2v) is 5.52. The summed E-state index contributed by atoms with van der Waals surface area (Å²) in [6.07, 6.45) is 1.46. The van der Waals surface area contributed by atoms with Crippen LogP contribution in [0.2, 0.25) is 0 Å². The number of carbonyl (C=O) groups excluding carboxylic acids is 2. The first-order chi connectivity index (χ1) is 10.8. The van der Waals surface area contributed by atoms with Crippen molar-refractivity contribution in [2.45, 2.75) is 26.4 Å². The summed E-state index contributed by atoms with van der Waals surface area (Å²) in [6, 6.07) is 10.1. The lowest BCUT2D eigenvalue weighted by Crippen LogP contribution is -2.54. The molecule has 0 saturated carbocycles. The maximum atomic E-state index is 12.7. The highest BCUT2D eigenvalue weighted by molar-refractivity contribution is 6.08. The van der Waals surface area contributed by atoms with E-state index in [2.05, 4.69) is 5.32 Å². The Kier molecular flexibility index (Phi) is 4.36. The molecular weight excluding hydrogens is 296 g/mol. The van der Waals surface area contributed by atoms with Crippen LogP contribution in [0.4, 0.5) is 0 Å². The van der Waals surface area contributed by atoms with Gasteiger partial charge in [-0.25, -0.2) is 4.79 Å². The van der Waals surface area contributed by atoms with Crippen LogP contribution in [0.5, 0.6) is 0 Å². The molecule has 6 heteroatoms. The Bertz CT molecular complexity index is 761. The van der Waals surface area contributed by atoms with Crippen molar-refractivity contribution in [2.75, 3.05) is 0 Å². The van der Waals surface area contributed by atoms with Crippen molar-refractivity contribution in [2.24, 2.45) is 0 Å². The Labute approximate surface area is 133 Å². The van der Waals surface area contributed by atoms with Crippen molar-refractivity contribution in [3.63, 3.8) is 0 Å². The van der Waals surface area contributed by atoms with Crippen LogP contribution in [0.15, 0.2) is 42.6 Å². The van der Waals surface area contributed by atoms with Gasteiger partial charge in [0.1, 0.15) is 0 Å². The number of aromatic nitrogens is 1. The van der Waals surface area contributed by atoms with Crippen molar-refractivity contribution >= 4 is 17.7 Å². The van der Waals surface area contributed by atoms with Crippen LogP contribution in [-0.4, -0.2) is 27.3 Å². The van der Waals surface area contributed by atoms with Crippen molar-refractivity contribution < 1.29 is 19.5 Å². The molecule has 23 heavy (non-hydrogen) atoms. The normalized spacial score (nSPS) is 13.2. The molecule has 120 valence electrons. The molecule has 0 saturated heterocycles. The number of aliphatic carboxylic acids is 1. The van der Waals surface area contributed by atoms with E-state index in [9.17, 15) is 19.5 Å². The van der Waals surface area contributed by atoms with Gasteiger partial charge in [0.05, 0.1) is 5.69 Å². The zero-order valence-electron chi connectivity index (χ0n) is 13.2. The Hall–Kier alpha value is -2.89. The van der Waals surface area contributed by atoms with Crippen LogP contribution in [0, 0.1) is 6.92 Å². The smallest absolute Gasteiger partial charge is 0.350 e. The van der Waals surface area contributed by atoms with Crippen LogP contribution in [-0.2, 0) is 15.3 Å². The van der Waals surface area contributed by atoms with Gasteiger partial charge in [0, 0.05) is 18.7 Å². The molecule has 0 spiro atoms. The van der Waals surface area contributed by atoms with E-state index in [4.69, 9.17) is 0 Å². The number of rotatable bonds is 5. The largest absolute Gasteiger partial charge is 0.478 e. The first kappa shape index (κ1) is 16.5. The van der Waals surface area contributed by atoms with Crippen LogP contribution in [0.1, 0.15) is 35.5 Å². The molecule has 0 fully saturated rings. The molecule has 1 atom stereocenters. The number of hydrogen-bond donors (Lipinski definition) is 2. The number of aryl methyl sites for hydroxylation is 1. The Morgan fingerprint density at radius 1 is 1.13 bits per heavy atom. The quantitative estimate of drug-likeness (QED) is 0.825. The number of nitrogens with zero attached hydrogens (tertiary/aromatic N) is 1. The van der Waals surface area contributed by atoms with Crippen molar-refractivity contribution in [3.05, 3.63) is 59.4 Å². The van der Waals surface area contributed by atoms with Gasteiger partial charge in [-0.1, -0.05) is 29.8 Å². The number of nitrogens with one attached hydrogen (secondary N) is 1. The summed E-state index contributed by atoms with van der Waals surface area (Å²) in [5.74, 6) is -2.08. The van der Waals surface area contributed by atoms with Gasteiger partial charge in [0.25, 0.3) is 0 Å². The highest BCUT2D eigenvalue weighted by Crippen LogP contribution is 2.20. The number of carboxylic acids is 1. The van der Waals surface area contributed by atoms with E-state index >= 15 is 0 Å². The fourth-order valence-corrected chi connectivity index (χ4v) is 2.37. The molecule has 0 aliphatic heterocycles. The van der Waals surface area contributed by atoms with Crippen LogP contribution in [0.25, 0.3) is 0 Å². The van der Waals surface area contributed by atoms with Gasteiger partial charge in [0.2, 0.25) is 17.4 Å². The second-order valence-electron chi connectivity index (χ2n) is 5.52. The molecule has 0 bridgehead atoms. The summed E-state index contributed by atoms with van der Waals surface area (Å²) in [7, 11) is 0. The maximum Gasteiger partial charge on any atom is 0.350 e. The Balaban J connectivity index is 2.49. The third-order valence-electron chi connectivity index (χ3n) is 3.61. The lowest BCUT2D eigenvalue weighted by Gasteiger charge is -2.29. The number of carbonyl (C=O) groups is 3. The standard InChI is InChI=1S/C17H18N2O4/c1-11-6-8-13(9-7-11)15(21)14-5-4-10-19(14)17(3,16(22)23)18-12(2)20/h4-10H,1-3H3,(H,18,20)(H,22,23). The number of benzene rings is 1. The van der Waals surface area contributed by atoms with Gasteiger partial charge in [0.15, 0.2) is 0 Å². The van der Waals surface area contributed by atoms with E-state index in [-0.39, 0.29) is 11.5 Å². The maximum absolute atomic E-state index is 12.7. The predicted octanol–water partition coefficient (Wildman–Crippen LogP) is 1.92. The number of hydrogen-bond acceptors (Lipinski definition) is 3. The van der Waals surface area contributed by atoms with Gasteiger partial charge in [-0.3, -0.25) is 9.59 Å². The third-order valence-corrected chi connectivity index (χ3v) is 3.61. The van der Waals surface area contributed by atoms with E-state index in [1.54, 1.807) is 18.2 Å². The zero-order chi connectivity index (χ0) is 17.2. The molecule has 1 aromatic carbocycles. The molecule has 0 aliphatic carbocycles. The monoisotopic (exact) mass is 314 g/mol. The highest BCUT2D eigenvalue weighted by atomic mass is 16.4. The molecule has 1 heterocycles. The molecule has 6 nitrogen and oxygen atoms in total. The van der Waals surface area contributed by atoms with Gasteiger partial charge in [-0.2, -0.15) is 0 Å². The van der Waals surface area contributed by atoms with Gasteiger partial charge < -0.3 is 15.0 Å². The van der Waals surface area contributed by atoms with Crippen molar-refractivity contribution in [1.82, 2.24) is 9.88 Å². The second kappa shape index (κ2) is 6.08. The van der Waals surface area contributed by atoms with E-state index in [1.807, 2.05) is 19.1 Å². The highest BCUT2D eigenvalue weighted by Gasteiger charge is 2.38. The minimum absolute atomic E-state index is 0.188. The molecule has 2 aromatic rings. The summed E-state index contributed by atoms with van der Waals surface area (Å²) >= 11 is 0. The predicted molar refractivity (Wildman–Crippen MR) is 84.1 cm³/mol. The third kappa shape index (κ3) is 3.15. The molecular formula is C17H18N2O4. The van der Waals surface area contributed by atoms with Crippen molar-refractivity contribution in [1.29, 1.82) is 0 Å². The summed E-state index contributed by atoms with van der Waals surface area (Å²) in [6.45, 7) is 4.48. The summed E-state index contributed by atoms with van der Waals surface area (Å²) in [5, 5.41) is 11.9. The molecule has 2 N–H and O–H groups in total. The average molecular weight is 314 g/mol. The Morgan fingerprint density at radius 3 is 2.26 bits per heavy atom. The molecule has 0 aliphatic rings. The van der Waals surface area contributed by atoms with Gasteiger partial charge >= 0.3 is 5.97 Å². The van der Waals surface area contributed by atoms with E-state index in [0.29, 0.717) is 5.56 Å². The summed E-state index contributed by atoms with van der Waals surface area (Å²) < 4.78 is 1.26. The van der Waals surface area contributed by atoms with Crippen LogP contribution in [0.3, 0.4) is 0 Å². The molecule has 0 radical (unpaired) electrons. The minimum atomic E-state index is -1.75. The molecule has 1 aromatic heterocycles. The SMILES string of the molecule is CC(=O)NC(C)(C(=O)O)n1cccc1C(=O)c1ccc(C)cc1. The molecule has 1 amide bonds. The van der Waals surface area contributed by atoms with Crippen LogP contribution >= 0.6 is 0 Å². The lowest BCUT2D eigenvalue weighted by molar-refractivity contribution is -0.151. The van der Waals surface area contributed by atoms with E-state index < -0.39 is 17.5 Å². The zero-order valence-corrected chi connectivity index (χ0v) is 13.2. The molecule has 2 rings (SSSR count).